The van der Waals surface area contributed by atoms with Crippen molar-refractivity contribution < 1.29 is 12.8 Å². The zero-order chi connectivity index (χ0) is 15.0. The van der Waals surface area contributed by atoms with E-state index in [2.05, 4.69) is 9.97 Å². The summed E-state index contributed by atoms with van der Waals surface area (Å²) in [5.74, 6) is -0.218. The number of fused-ring (bicyclic) bond motifs is 1. The first kappa shape index (κ1) is 14.2. The number of benzene rings is 1. The summed E-state index contributed by atoms with van der Waals surface area (Å²) in [4.78, 5) is 9.79. The molecule has 2 aromatic rings. The van der Waals surface area contributed by atoms with Crippen LogP contribution >= 0.6 is 11.6 Å². The lowest BCUT2D eigenvalue weighted by Crippen LogP contribution is -2.15. The molecule has 3 rings (SSSR count). The normalized spacial score (nSPS) is 13.8. The number of aromatic nitrogens is 2. The summed E-state index contributed by atoms with van der Waals surface area (Å²) in [6.07, 6.45) is 2.04. The molecule has 1 aliphatic heterocycles. The van der Waals surface area contributed by atoms with Gasteiger partial charge in [0.25, 0.3) is 0 Å². The minimum Gasteiger partial charge on any atom is -0.326 e. The molecule has 1 aliphatic rings. The fourth-order valence-corrected chi connectivity index (χ4v) is 3.09. The van der Waals surface area contributed by atoms with Crippen LogP contribution in [0.5, 0.6) is 0 Å². The molecule has 0 radical (unpaired) electrons. The third kappa shape index (κ3) is 2.84. The second-order valence-corrected chi connectivity index (χ2v) is 6.03. The molecule has 8 heteroatoms. The zero-order valence-corrected chi connectivity index (χ0v) is 12.4. The van der Waals surface area contributed by atoms with Crippen LogP contribution < -0.4 is 4.90 Å². The van der Waals surface area contributed by atoms with Gasteiger partial charge in [0.1, 0.15) is 33.8 Å². The van der Waals surface area contributed by atoms with Gasteiger partial charge in [0, 0.05) is 23.9 Å². The van der Waals surface area contributed by atoms with Crippen LogP contribution in [0.2, 0.25) is 5.15 Å². The molecule has 1 aromatic heterocycles. The van der Waals surface area contributed by atoms with Crippen molar-refractivity contribution in [2.45, 2.75) is 12.2 Å². The topological polar surface area (TPSA) is 63.2 Å². The highest BCUT2D eigenvalue weighted by atomic mass is 35.5. The van der Waals surface area contributed by atoms with E-state index in [1.54, 1.807) is 12.1 Å². The van der Waals surface area contributed by atoms with Crippen LogP contribution in [-0.4, -0.2) is 24.9 Å². The third-order valence-electron chi connectivity index (χ3n) is 3.34. The van der Waals surface area contributed by atoms with Crippen LogP contribution in [0, 0.1) is 5.82 Å². The van der Waals surface area contributed by atoms with Crippen molar-refractivity contribution >= 4 is 33.8 Å². The Morgan fingerprint density at radius 2 is 2.10 bits per heavy atom. The second kappa shape index (κ2) is 5.57. The molecule has 0 fully saturated rings. The van der Waals surface area contributed by atoms with Crippen molar-refractivity contribution in [3.05, 3.63) is 46.6 Å². The Labute approximate surface area is 127 Å². The standard InChI is InChI=1S/C13H11ClFN3O2S/c14-12-5-13(17-7-16-12)18-2-1-8-3-9(6-21(19)20)10(15)4-11(8)18/h3-5,7,21H,1-2,6H2. The molecule has 1 aromatic carbocycles. The minimum atomic E-state index is -2.65. The summed E-state index contributed by atoms with van der Waals surface area (Å²) >= 11 is 5.84. The number of anilines is 2. The Balaban J connectivity index is 2.01. The van der Waals surface area contributed by atoms with Crippen LogP contribution in [0.3, 0.4) is 0 Å². The Kier molecular flexibility index (Phi) is 3.77. The van der Waals surface area contributed by atoms with Gasteiger partial charge < -0.3 is 4.90 Å². The smallest absolute Gasteiger partial charge is 0.144 e. The van der Waals surface area contributed by atoms with Gasteiger partial charge in [-0.2, -0.15) is 0 Å². The Bertz CT molecular complexity index is 774. The van der Waals surface area contributed by atoms with E-state index in [-0.39, 0.29) is 11.3 Å². The molecule has 21 heavy (non-hydrogen) atoms. The average molecular weight is 328 g/mol. The van der Waals surface area contributed by atoms with E-state index in [1.165, 1.54) is 12.4 Å². The first-order valence-corrected chi connectivity index (χ1v) is 7.97. The molecular formula is C13H11ClFN3O2S. The summed E-state index contributed by atoms with van der Waals surface area (Å²) < 4.78 is 35.6. The summed E-state index contributed by atoms with van der Waals surface area (Å²) in [6, 6.07) is 4.57. The van der Waals surface area contributed by atoms with Crippen molar-refractivity contribution in [3.63, 3.8) is 0 Å². The van der Waals surface area contributed by atoms with Crippen molar-refractivity contribution in [2.75, 3.05) is 11.4 Å². The molecular weight excluding hydrogens is 317 g/mol. The van der Waals surface area contributed by atoms with Gasteiger partial charge >= 0.3 is 0 Å². The Morgan fingerprint density at radius 3 is 2.81 bits per heavy atom. The molecule has 110 valence electrons. The lowest BCUT2D eigenvalue weighted by Gasteiger charge is -2.18. The van der Waals surface area contributed by atoms with Gasteiger partial charge in [-0.1, -0.05) is 11.6 Å². The van der Waals surface area contributed by atoms with Crippen LogP contribution in [0.15, 0.2) is 24.5 Å². The van der Waals surface area contributed by atoms with Gasteiger partial charge in [0.15, 0.2) is 0 Å². The summed E-state index contributed by atoms with van der Waals surface area (Å²) in [6.45, 7) is 0.634. The molecule has 0 spiro atoms. The van der Waals surface area contributed by atoms with Crippen molar-refractivity contribution in [1.82, 2.24) is 9.97 Å². The van der Waals surface area contributed by atoms with Gasteiger partial charge in [-0.15, -0.1) is 0 Å². The molecule has 0 N–H and O–H groups in total. The van der Waals surface area contributed by atoms with Crippen LogP contribution in [0.25, 0.3) is 0 Å². The SMILES string of the molecule is O=[SH](=O)Cc1cc2c(cc1F)N(c1cc(Cl)ncn1)CC2. The number of thiol groups is 1. The first-order chi connectivity index (χ1) is 10.0. The molecule has 0 bridgehead atoms. The number of halogens is 2. The maximum Gasteiger partial charge on any atom is 0.144 e. The maximum absolute atomic E-state index is 14.0. The van der Waals surface area contributed by atoms with E-state index in [0.717, 1.165) is 5.56 Å². The minimum absolute atomic E-state index is 0.201. The summed E-state index contributed by atoms with van der Waals surface area (Å²) in [7, 11) is -2.65. The lowest BCUT2D eigenvalue weighted by atomic mass is 10.1. The molecule has 0 aliphatic carbocycles. The van der Waals surface area contributed by atoms with Crippen LogP contribution in [0.1, 0.15) is 11.1 Å². The predicted molar refractivity (Wildman–Crippen MR) is 78.2 cm³/mol. The number of rotatable bonds is 3. The fourth-order valence-electron chi connectivity index (χ4n) is 2.43. The van der Waals surface area contributed by atoms with Crippen LogP contribution in [0.4, 0.5) is 15.9 Å². The molecule has 0 saturated heterocycles. The highest BCUT2D eigenvalue weighted by Crippen LogP contribution is 2.35. The van der Waals surface area contributed by atoms with Gasteiger partial charge in [-0.05, 0) is 24.1 Å². The fraction of sp³-hybridized carbons (Fsp3) is 0.231. The summed E-state index contributed by atoms with van der Waals surface area (Å²) in [5.41, 5.74) is 1.79. The van der Waals surface area contributed by atoms with Gasteiger partial charge in [-0.3, -0.25) is 0 Å². The third-order valence-corrected chi connectivity index (χ3v) is 4.14. The lowest BCUT2D eigenvalue weighted by molar-refractivity contribution is 0.601. The molecule has 0 saturated carbocycles. The largest absolute Gasteiger partial charge is 0.326 e. The van der Waals surface area contributed by atoms with E-state index in [1.807, 2.05) is 4.90 Å². The molecule has 0 amide bonds. The van der Waals surface area contributed by atoms with E-state index < -0.39 is 16.5 Å². The molecule has 2 heterocycles. The number of hydrogen-bond donors (Lipinski definition) is 1. The predicted octanol–water partition coefficient (Wildman–Crippen LogP) is 2.07. The molecule has 5 nitrogen and oxygen atoms in total. The van der Waals surface area contributed by atoms with Crippen molar-refractivity contribution in [1.29, 1.82) is 0 Å². The quantitative estimate of drug-likeness (QED) is 0.690. The van der Waals surface area contributed by atoms with E-state index in [9.17, 15) is 12.8 Å². The highest BCUT2D eigenvalue weighted by molar-refractivity contribution is 7.71. The second-order valence-electron chi connectivity index (χ2n) is 4.66. The van der Waals surface area contributed by atoms with Crippen molar-refractivity contribution in [2.24, 2.45) is 0 Å². The number of hydrogen-bond acceptors (Lipinski definition) is 5. The van der Waals surface area contributed by atoms with E-state index >= 15 is 0 Å². The van der Waals surface area contributed by atoms with Crippen molar-refractivity contribution in [3.8, 4) is 0 Å². The highest BCUT2D eigenvalue weighted by Gasteiger charge is 2.24. The maximum atomic E-state index is 14.0. The van der Waals surface area contributed by atoms with E-state index in [4.69, 9.17) is 11.6 Å². The zero-order valence-electron chi connectivity index (χ0n) is 10.8. The molecule has 0 unspecified atom stereocenters. The average Bonchev–Trinajstić information content (AvgIpc) is 2.81. The molecule has 0 atom stereocenters. The Hall–Kier alpha value is -1.73. The van der Waals surface area contributed by atoms with Gasteiger partial charge in [-0.25, -0.2) is 22.8 Å². The number of nitrogens with zero attached hydrogens (tertiary/aromatic N) is 3. The van der Waals surface area contributed by atoms with Gasteiger partial charge in [0.2, 0.25) is 0 Å². The first-order valence-electron chi connectivity index (χ1n) is 6.23. The Morgan fingerprint density at radius 1 is 1.29 bits per heavy atom. The summed E-state index contributed by atoms with van der Waals surface area (Å²) in [5, 5.41) is 0.314. The van der Waals surface area contributed by atoms with E-state index in [0.29, 0.717) is 29.6 Å². The monoisotopic (exact) mass is 327 g/mol. The van der Waals surface area contributed by atoms with Gasteiger partial charge in [0.05, 0.1) is 5.75 Å². The van der Waals surface area contributed by atoms with Crippen LogP contribution in [-0.2, 0) is 22.9 Å².